The van der Waals surface area contributed by atoms with Crippen molar-refractivity contribution >= 4 is 28.6 Å². The highest BCUT2D eigenvalue weighted by molar-refractivity contribution is 7.99. The van der Waals surface area contributed by atoms with Crippen LogP contribution in [-0.4, -0.2) is 73.7 Å². The van der Waals surface area contributed by atoms with E-state index in [0.29, 0.717) is 13.0 Å². The molecule has 3 N–H and O–H groups in total. The van der Waals surface area contributed by atoms with Crippen molar-refractivity contribution in [2.24, 2.45) is 0 Å². The maximum Gasteiger partial charge on any atom is 0.245 e. The van der Waals surface area contributed by atoms with Gasteiger partial charge in [-0.1, -0.05) is 48.5 Å². The molecule has 2 aromatic carbocycles. The summed E-state index contributed by atoms with van der Waals surface area (Å²) in [4.78, 5) is 19.4. The molecule has 1 fully saturated rings. The van der Waals surface area contributed by atoms with Crippen LogP contribution in [0.5, 0.6) is 0 Å². The molecule has 1 atom stereocenters. The third kappa shape index (κ3) is 5.21. The molecule has 4 heterocycles. The Morgan fingerprint density at radius 3 is 2.66 bits per heavy atom. The van der Waals surface area contributed by atoms with Crippen LogP contribution in [0, 0.1) is 0 Å². The first-order valence-corrected chi connectivity index (χ1v) is 14.6. The van der Waals surface area contributed by atoms with Gasteiger partial charge in [-0.15, -0.1) is 5.10 Å². The number of hydrogen-bond donors (Lipinski definition) is 3. The summed E-state index contributed by atoms with van der Waals surface area (Å²) in [5, 5.41) is 21.3. The number of likely N-dealkylation sites (tertiary alicyclic amines) is 1. The number of para-hydroxylation sites is 1. The van der Waals surface area contributed by atoms with Crippen LogP contribution in [0.1, 0.15) is 35.8 Å². The predicted molar refractivity (Wildman–Crippen MR) is 150 cm³/mol. The number of hydrogen-bond acceptors (Lipinski definition) is 7. The molecule has 0 aliphatic carbocycles. The number of H-pyrrole nitrogens is 1. The number of fused-ring (bicyclic) bond motifs is 3. The monoisotopic (exact) mass is 530 g/mol. The Labute approximate surface area is 226 Å². The van der Waals surface area contributed by atoms with Gasteiger partial charge in [0.1, 0.15) is 6.04 Å². The molecular formula is C28H34N8OS. The van der Waals surface area contributed by atoms with Gasteiger partial charge >= 0.3 is 0 Å². The summed E-state index contributed by atoms with van der Waals surface area (Å²) in [6.07, 6.45) is 4.28. The largest absolute Gasteiger partial charge is 0.361 e. The second-order valence-corrected chi connectivity index (χ2v) is 11.4. The molecule has 1 saturated heterocycles. The lowest BCUT2D eigenvalue weighted by molar-refractivity contribution is -0.124. The van der Waals surface area contributed by atoms with E-state index < -0.39 is 6.04 Å². The van der Waals surface area contributed by atoms with E-state index in [4.69, 9.17) is 0 Å². The highest BCUT2D eigenvalue weighted by atomic mass is 32.2. The molecule has 1 spiro atoms. The number of rotatable bonds is 4. The first-order valence-electron chi connectivity index (χ1n) is 13.4. The number of nitrogens with one attached hydrogen (secondary N) is 3. The number of benzene rings is 2. The van der Waals surface area contributed by atoms with Gasteiger partial charge in [0.15, 0.2) is 5.82 Å². The number of carbonyl (C=O) groups is 1. The van der Waals surface area contributed by atoms with E-state index in [0.717, 1.165) is 72.8 Å². The van der Waals surface area contributed by atoms with Crippen LogP contribution < -0.4 is 10.6 Å². The Kier molecular flexibility index (Phi) is 7.44. The van der Waals surface area contributed by atoms with Crippen molar-refractivity contribution in [3.05, 3.63) is 77.7 Å². The highest BCUT2D eigenvalue weighted by Crippen LogP contribution is 2.34. The molecule has 38 heavy (non-hydrogen) atoms. The van der Waals surface area contributed by atoms with E-state index in [1.165, 1.54) is 5.56 Å². The van der Waals surface area contributed by atoms with E-state index in [-0.39, 0.29) is 11.4 Å². The van der Waals surface area contributed by atoms with Gasteiger partial charge in [-0.3, -0.25) is 9.69 Å². The lowest BCUT2D eigenvalue weighted by Gasteiger charge is -2.42. The van der Waals surface area contributed by atoms with Crippen molar-refractivity contribution in [3.8, 4) is 0 Å². The molecule has 2 aromatic heterocycles. The number of carbonyl (C=O) groups excluding carboxylic acids is 1. The standard InChI is InChI=1S/C28H34N8OS/c37-26-25(18-22-19-30-24-9-5-4-8-23(22)24)36-27(32-33-34-36)28(31-13-17-38-16-12-29-26)10-14-35(15-11-28)20-21-6-2-1-3-7-21/h1-9,19,25,30-31H,10-18,20H2,(H,29,37). The topological polar surface area (TPSA) is 104 Å². The molecule has 2 aliphatic heterocycles. The summed E-state index contributed by atoms with van der Waals surface area (Å²) in [6.45, 7) is 4.30. The van der Waals surface area contributed by atoms with Crippen LogP contribution in [0.4, 0.5) is 0 Å². The fourth-order valence-electron chi connectivity index (χ4n) is 5.76. The minimum Gasteiger partial charge on any atom is -0.361 e. The second-order valence-electron chi connectivity index (χ2n) is 10.2. The molecule has 0 radical (unpaired) electrons. The summed E-state index contributed by atoms with van der Waals surface area (Å²) in [7, 11) is 0. The lowest BCUT2D eigenvalue weighted by Crippen LogP contribution is -2.54. The maximum absolute atomic E-state index is 13.6. The van der Waals surface area contributed by atoms with Crippen molar-refractivity contribution in [2.75, 3.05) is 37.7 Å². The van der Waals surface area contributed by atoms with Crippen LogP contribution in [0.3, 0.4) is 0 Å². The van der Waals surface area contributed by atoms with Gasteiger partial charge in [-0.25, -0.2) is 4.68 Å². The Balaban J connectivity index is 1.31. The van der Waals surface area contributed by atoms with Gasteiger partial charge in [0, 0.05) is 67.8 Å². The van der Waals surface area contributed by atoms with Gasteiger partial charge in [-0.05, 0) is 40.5 Å². The second kappa shape index (κ2) is 11.3. The number of aromatic nitrogens is 5. The molecule has 1 amide bonds. The van der Waals surface area contributed by atoms with E-state index in [9.17, 15) is 4.79 Å². The smallest absolute Gasteiger partial charge is 0.245 e. The van der Waals surface area contributed by atoms with Crippen LogP contribution in [-0.2, 0) is 23.3 Å². The Morgan fingerprint density at radius 2 is 1.79 bits per heavy atom. The summed E-state index contributed by atoms with van der Waals surface area (Å²) >= 11 is 1.86. The first kappa shape index (κ1) is 25.1. The van der Waals surface area contributed by atoms with E-state index >= 15 is 0 Å². The summed E-state index contributed by atoms with van der Waals surface area (Å²) in [6, 6.07) is 18.3. The average molecular weight is 531 g/mol. The van der Waals surface area contributed by atoms with Crippen LogP contribution in [0.2, 0.25) is 0 Å². The van der Waals surface area contributed by atoms with Crippen molar-refractivity contribution in [3.63, 3.8) is 0 Å². The summed E-state index contributed by atoms with van der Waals surface area (Å²) < 4.78 is 1.80. The molecule has 2 aliphatic rings. The van der Waals surface area contributed by atoms with Gasteiger partial charge < -0.3 is 15.6 Å². The fourth-order valence-corrected chi connectivity index (χ4v) is 6.46. The zero-order valence-electron chi connectivity index (χ0n) is 21.5. The van der Waals surface area contributed by atoms with E-state index in [1.807, 2.05) is 30.1 Å². The number of tetrazole rings is 1. The molecule has 1 unspecified atom stereocenters. The molecule has 10 heteroatoms. The molecule has 0 bridgehead atoms. The van der Waals surface area contributed by atoms with Crippen LogP contribution >= 0.6 is 11.8 Å². The van der Waals surface area contributed by atoms with Crippen molar-refractivity contribution in [1.29, 1.82) is 0 Å². The average Bonchev–Trinajstić information content (AvgIpc) is 3.60. The Morgan fingerprint density at radius 1 is 1.00 bits per heavy atom. The number of thioether (sulfide) groups is 1. The maximum atomic E-state index is 13.6. The quantitative estimate of drug-likeness (QED) is 0.373. The number of nitrogens with zero attached hydrogens (tertiary/aromatic N) is 5. The summed E-state index contributed by atoms with van der Waals surface area (Å²) in [5.74, 6) is 2.59. The van der Waals surface area contributed by atoms with Gasteiger partial charge in [0.05, 0.1) is 5.54 Å². The minimum absolute atomic E-state index is 0.0401. The van der Waals surface area contributed by atoms with E-state index in [1.54, 1.807) is 4.68 Å². The zero-order valence-corrected chi connectivity index (χ0v) is 22.3. The molecule has 4 aromatic rings. The number of piperidine rings is 1. The summed E-state index contributed by atoms with van der Waals surface area (Å²) in [5.41, 5.74) is 3.10. The number of amides is 1. The molecule has 198 valence electrons. The van der Waals surface area contributed by atoms with Crippen molar-refractivity contribution < 1.29 is 4.79 Å². The van der Waals surface area contributed by atoms with Crippen molar-refractivity contribution in [2.45, 2.75) is 37.4 Å². The van der Waals surface area contributed by atoms with E-state index in [2.05, 4.69) is 78.5 Å². The van der Waals surface area contributed by atoms with Gasteiger partial charge in [-0.2, -0.15) is 11.8 Å². The molecule has 9 nitrogen and oxygen atoms in total. The zero-order chi connectivity index (χ0) is 25.8. The SMILES string of the molecule is O=C1NCCSCCNC2(CCN(Cc3ccccc3)CC2)c2nnnn2C1Cc1c[nH]c2ccccc12. The molecule has 6 rings (SSSR count). The third-order valence-corrected chi connectivity index (χ3v) is 8.81. The normalized spacial score (nSPS) is 20.9. The fraction of sp³-hybridized carbons (Fsp3) is 0.429. The van der Waals surface area contributed by atoms with Crippen LogP contribution in [0.15, 0.2) is 60.8 Å². The number of aromatic amines is 1. The highest BCUT2D eigenvalue weighted by Gasteiger charge is 2.42. The Bertz CT molecular complexity index is 1360. The molecular weight excluding hydrogens is 496 g/mol. The van der Waals surface area contributed by atoms with Crippen molar-refractivity contribution in [1.82, 2.24) is 40.7 Å². The first-order chi connectivity index (χ1) is 18.7. The van der Waals surface area contributed by atoms with Crippen LogP contribution in [0.25, 0.3) is 10.9 Å². The molecule has 0 saturated carbocycles. The lowest BCUT2D eigenvalue weighted by atomic mass is 9.85. The Hall–Kier alpha value is -3.21. The third-order valence-electron chi connectivity index (χ3n) is 7.82. The van der Waals surface area contributed by atoms with Gasteiger partial charge in [0.2, 0.25) is 5.91 Å². The van der Waals surface area contributed by atoms with Gasteiger partial charge in [0.25, 0.3) is 0 Å². The predicted octanol–water partition coefficient (Wildman–Crippen LogP) is 2.88. The minimum atomic E-state index is -0.537.